The van der Waals surface area contributed by atoms with Crippen molar-refractivity contribution in [1.82, 2.24) is 0 Å². The van der Waals surface area contributed by atoms with Crippen LogP contribution in [0.5, 0.6) is 40.2 Å². The maximum Gasteiger partial charge on any atom is 0.308 e. The van der Waals surface area contributed by atoms with Gasteiger partial charge in [0.25, 0.3) is 0 Å². The summed E-state index contributed by atoms with van der Waals surface area (Å²) < 4.78 is 32.0. The molecule has 5 aromatic carbocycles. The lowest BCUT2D eigenvalue weighted by Gasteiger charge is -2.18. The highest BCUT2D eigenvalue weighted by atomic mass is 16.6. The number of phenolic OH excluding ortho intramolecular Hbond substituents is 1. The monoisotopic (exact) mass is 670 g/mol. The smallest absolute Gasteiger partial charge is 0.308 e. The Morgan fingerprint density at radius 2 is 0.551 bits per heavy atom. The van der Waals surface area contributed by atoms with Crippen molar-refractivity contribution >= 4 is 68.1 Å². The maximum absolute atomic E-state index is 11.9. The topological polar surface area (TPSA) is 178 Å². The van der Waals surface area contributed by atoms with Crippen LogP contribution in [0.25, 0.3) is 32.3 Å². The second kappa shape index (κ2) is 14.9. The van der Waals surface area contributed by atoms with E-state index in [0.29, 0.717) is 38.1 Å². The predicted molar refractivity (Wildman–Crippen MR) is 175 cm³/mol. The van der Waals surface area contributed by atoms with E-state index in [9.17, 15) is 28.8 Å². The molecular weight excluding hydrogens is 640 g/mol. The number of benzene rings is 5. The summed E-state index contributed by atoms with van der Waals surface area (Å²) in [7, 11) is 0. The predicted octanol–water partition coefficient (Wildman–Crippen LogP) is 6.09. The van der Waals surface area contributed by atoms with Crippen LogP contribution >= 0.6 is 0 Å². The summed E-state index contributed by atoms with van der Waals surface area (Å²) in [6.45, 7) is 7.04. The molecule has 0 atom stereocenters. The standard InChI is InChI=1S/C30H24O12.C6H6O/c1-13(31)37-25-7-19-20(8-26(25)38-14(2)32)22-10-28(40-16(4)34)30(42-18(6)36)12-24(22)23-11-29(41-17(5)35)27(9-21(19)23)39-15(3)33;7-6-4-2-1-3-5-6/h7-12H,1-6H3;1-5,7H. The minimum Gasteiger partial charge on any atom is -0.508 e. The van der Waals surface area contributed by atoms with Gasteiger partial charge in [-0.15, -0.1) is 0 Å². The van der Waals surface area contributed by atoms with Crippen LogP contribution in [0, 0.1) is 0 Å². The fourth-order valence-electron chi connectivity index (χ4n) is 4.85. The number of esters is 6. The van der Waals surface area contributed by atoms with Crippen molar-refractivity contribution in [3.05, 3.63) is 66.7 Å². The molecule has 13 nitrogen and oxygen atoms in total. The molecule has 0 aliphatic rings. The van der Waals surface area contributed by atoms with Crippen LogP contribution in [-0.4, -0.2) is 40.9 Å². The Morgan fingerprint density at radius 3 is 0.673 bits per heavy atom. The van der Waals surface area contributed by atoms with E-state index in [1.165, 1.54) is 77.9 Å². The van der Waals surface area contributed by atoms with Gasteiger partial charge in [0.2, 0.25) is 0 Å². The van der Waals surface area contributed by atoms with Gasteiger partial charge in [-0.05, 0) is 80.8 Å². The molecule has 252 valence electrons. The lowest BCUT2D eigenvalue weighted by atomic mass is 9.93. The molecule has 0 bridgehead atoms. The number of para-hydroxylation sites is 1. The first-order chi connectivity index (χ1) is 23.1. The van der Waals surface area contributed by atoms with Crippen molar-refractivity contribution in [1.29, 1.82) is 0 Å². The first kappa shape index (κ1) is 35.4. The largest absolute Gasteiger partial charge is 0.508 e. The number of ether oxygens (including phenoxy) is 6. The number of aromatic hydroxyl groups is 1. The Morgan fingerprint density at radius 1 is 0.367 bits per heavy atom. The van der Waals surface area contributed by atoms with Gasteiger partial charge in [-0.1, -0.05) is 18.2 Å². The van der Waals surface area contributed by atoms with Gasteiger partial charge in [0, 0.05) is 41.5 Å². The number of fused-ring (bicyclic) bond motifs is 6. The minimum atomic E-state index is -0.686. The Balaban J connectivity index is 0.000000686. The van der Waals surface area contributed by atoms with Crippen LogP contribution in [-0.2, 0) is 28.8 Å². The average molecular weight is 671 g/mol. The van der Waals surface area contributed by atoms with Gasteiger partial charge in [-0.3, -0.25) is 28.8 Å². The first-order valence-corrected chi connectivity index (χ1v) is 14.5. The molecule has 13 heteroatoms. The second-order valence-corrected chi connectivity index (χ2v) is 10.4. The minimum absolute atomic E-state index is 0.0827. The number of carbonyl (C=O) groups excluding carboxylic acids is 6. The zero-order valence-electron chi connectivity index (χ0n) is 27.2. The molecule has 0 fully saturated rings. The van der Waals surface area contributed by atoms with Gasteiger partial charge in [-0.25, -0.2) is 0 Å². The van der Waals surface area contributed by atoms with Crippen LogP contribution in [0.1, 0.15) is 41.5 Å². The molecule has 0 aliphatic carbocycles. The van der Waals surface area contributed by atoms with E-state index < -0.39 is 35.8 Å². The van der Waals surface area contributed by atoms with Crippen molar-refractivity contribution in [2.45, 2.75) is 41.5 Å². The van der Waals surface area contributed by atoms with E-state index in [-0.39, 0.29) is 34.5 Å². The molecule has 0 heterocycles. The van der Waals surface area contributed by atoms with E-state index in [2.05, 4.69) is 0 Å². The summed E-state index contributed by atoms with van der Waals surface area (Å²) in [5, 5.41) is 11.1. The van der Waals surface area contributed by atoms with Crippen molar-refractivity contribution in [3.63, 3.8) is 0 Å². The zero-order valence-corrected chi connectivity index (χ0v) is 27.2. The molecule has 0 unspecified atom stereocenters. The Bertz CT molecular complexity index is 1770. The van der Waals surface area contributed by atoms with Crippen molar-refractivity contribution < 1.29 is 62.3 Å². The molecule has 5 aromatic rings. The summed E-state index contributed by atoms with van der Waals surface area (Å²) in [6.07, 6.45) is 0. The van der Waals surface area contributed by atoms with Crippen LogP contribution < -0.4 is 28.4 Å². The molecule has 0 amide bonds. The summed E-state index contributed by atoms with van der Waals surface area (Å²) in [4.78, 5) is 71.4. The number of hydrogen-bond donors (Lipinski definition) is 1. The molecular formula is C36H30O13. The fourth-order valence-corrected chi connectivity index (χ4v) is 4.85. The highest BCUT2D eigenvalue weighted by Gasteiger charge is 2.22. The molecule has 49 heavy (non-hydrogen) atoms. The van der Waals surface area contributed by atoms with Crippen molar-refractivity contribution in [2.75, 3.05) is 0 Å². The van der Waals surface area contributed by atoms with Gasteiger partial charge >= 0.3 is 35.8 Å². The Labute approximate surface area is 278 Å². The molecule has 1 N–H and O–H groups in total. The van der Waals surface area contributed by atoms with E-state index in [1.807, 2.05) is 6.07 Å². The van der Waals surface area contributed by atoms with E-state index in [4.69, 9.17) is 33.5 Å². The van der Waals surface area contributed by atoms with Crippen molar-refractivity contribution in [3.8, 4) is 40.2 Å². The summed E-state index contributed by atoms with van der Waals surface area (Å²) in [6, 6.07) is 17.4. The summed E-state index contributed by atoms with van der Waals surface area (Å²) in [5.74, 6) is -4.29. The summed E-state index contributed by atoms with van der Waals surface area (Å²) in [5.41, 5.74) is 0. The van der Waals surface area contributed by atoms with E-state index >= 15 is 0 Å². The average Bonchev–Trinajstić information content (AvgIpc) is 2.98. The zero-order chi connectivity index (χ0) is 36.0. The van der Waals surface area contributed by atoms with Gasteiger partial charge in [0.05, 0.1) is 0 Å². The first-order valence-electron chi connectivity index (χ1n) is 14.5. The highest BCUT2D eigenvalue weighted by molar-refractivity contribution is 6.27. The molecule has 5 rings (SSSR count). The van der Waals surface area contributed by atoms with Crippen molar-refractivity contribution in [2.24, 2.45) is 0 Å². The normalized spacial score (nSPS) is 10.4. The second-order valence-electron chi connectivity index (χ2n) is 10.4. The molecule has 0 aliphatic heterocycles. The van der Waals surface area contributed by atoms with Crippen LogP contribution in [0.3, 0.4) is 0 Å². The maximum atomic E-state index is 11.9. The highest BCUT2D eigenvalue weighted by Crippen LogP contribution is 2.47. The number of rotatable bonds is 6. The SMILES string of the molecule is CC(=O)Oc1cc2c3cc(OC(C)=O)c(OC(C)=O)cc3c3cc(OC(C)=O)c(OC(C)=O)cc3c2cc1OC(C)=O.Oc1ccccc1. The van der Waals surface area contributed by atoms with E-state index in [1.54, 1.807) is 24.3 Å². The van der Waals surface area contributed by atoms with Gasteiger partial charge in [0.15, 0.2) is 34.5 Å². The van der Waals surface area contributed by atoms with Crippen LogP contribution in [0.4, 0.5) is 0 Å². The third kappa shape index (κ3) is 8.86. The molecule has 0 saturated heterocycles. The van der Waals surface area contributed by atoms with Gasteiger partial charge < -0.3 is 33.5 Å². The molecule has 0 saturated carbocycles. The van der Waals surface area contributed by atoms with Crippen LogP contribution in [0.15, 0.2) is 66.7 Å². The lowest BCUT2D eigenvalue weighted by Crippen LogP contribution is -2.08. The fraction of sp³-hybridized carbons (Fsp3) is 0.167. The lowest BCUT2D eigenvalue weighted by molar-refractivity contribution is -0.134. The summed E-state index contributed by atoms with van der Waals surface area (Å²) >= 11 is 0. The quantitative estimate of drug-likeness (QED) is 0.125. The van der Waals surface area contributed by atoms with Crippen LogP contribution in [0.2, 0.25) is 0 Å². The number of hydrogen-bond acceptors (Lipinski definition) is 13. The molecule has 0 spiro atoms. The van der Waals surface area contributed by atoms with Gasteiger partial charge in [0.1, 0.15) is 5.75 Å². The molecule has 0 aromatic heterocycles. The van der Waals surface area contributed by atoms with E-state index in [0.717, 1.165) is 0 Å². The third-order valence-electron chi connectivity index (χ3n) is 6.40. The Hall–Kier alpha value is -6.50. The Kier molecular flexibility index (Phi) is 10.8. The van der Waals surface area contributed by atoms with Gasteiger partial charge in [-0.2, -0.15) is 0 Å². The third-order valence-corrected chi connectivity index (χ3v) is 6.40. The number of carbonyl (C=O) groups is 6. The molecule has 0 radical (unpaired) electrons. The number of phenols is 1.